The molecule has 0 fully saturated rings. The van der Waals surface area contributed by atoms with E-state index in [0.29, 0.717) is 12.8 Å². The lowest BCUT2D eigenvalue weighted by molar-refractivity contribution is -0.137. The molecule has 5 nitrogen and oxygen atoms in total. The van der Waals surface area contributed by atoms with E-state index >= 15 is 0 Å². The third-order valence-electron chi connectivity index (χ3n) is 7.20. The van der Waals surface area contributed by atoms with Gasteiger partial charge in [0.15, 0.2) is 0 Å². The Bertz CT molecular complexity index is 969. The number of aliphatic hydroxyl groups is 2. The smallest absolute Gasteiger partial charge is 0.303 e. The van der Waals surface area contributed by atoms with Crippen LogP contribution in [0.5, 0.6) is 5.75 Å². The Labute approximate surface area is 211 Å². The summed E-state index contributed by atoms with van der Waals surface area (Å²) in [5.74, 6) is -0.107. The summed E-state index contributed by atoms with van der Waals surface area (Å²) in [5.41, 5.74) is 5.32. The summed E-state index contributed by atoms with van der Waals surface area (Å²) in [6.07, 6.45) is 3.73. The van der Waals surface area contributed by atoms with Crippen LogP contribution in [0.4, 0.5) is 0 Å². The average Bonchev–Trinajstić information content (AvgIpc) is 2.78. The molecule has 0 amide bonds. The molecule has 5 heteroatoms. The van der Waals surface area contributed by atoms with Crippen LogP contribution in [0.3, 0.4) is 0 Å². The van der Waals surface area contributed by atoms with E-state index in [4.69, 9.17) is 9.84 Å². The highest BCUT2D eigenvalue weighted by Gasteiger charge is 2.31. The molecule has 0 saturated heterocycles. The third kappa shape index (κ3) is 8.08. The van der Waals surface area contributed by atoms with Crippen molar-refractivity contribution in [2.75, 3.05) is 6.61 Å². The molecule has 0 spiro atoms. The lowest BCUT2D eigenvalue weighted by Gasteiger charge is -2.34. The molecule has 0 aromatic heterocycles. The van der Waals surface area contributed by atoms with Crippen LogP contribution < -0.4 is 4.74 Å². The molecule has 0 aliphatic rings. The SMILES string of the molecule is CCC(CC)(c1ccc(CCC(C)(C)O)c(C)c1)c1ccc(OC[C@H](O)CCCC(=O)O)c(C)c1. The van der Waals surface area contributed by atoms with E-state index in [1.807, 2.05) is 26.8 Å². The van der Waals surface area contributed by atoms with Crippen LogP contribution in [0.15, 0.2) is 36.4 Å². The average molecular weight is 485 g/mol. The second-order valence-electron chi connectivity index (χ2n) is 10.5. The molecule has 0 unspecified atom stereocenters. The van der Waals surface area contributed by atoms with Gasteiger partial charge in [-0.25, -0.2) is 0 Å². The lowest BCUT2D eigenvalue weighted by atomic mass is 9.69. The first-order valence-corrected chi connectivity index (χ1v) is 12.9. The number of aliphatic carboxylic acids is 1. The monoisotopic (exact) mass is 484 g/mol. The van der Waals surface area contributed by atoms with Crippen molar-refractivity contribution < 1.29 is 24.9 Å². The molecule has 0 heterocycles. The molecule has 0 aliphatic carbocycles. The van der Waals surface area contributed by atoms with Crippen LogP contribution in [-0.4, -0.2) is 39.6 Å². The topological polar surface area (TPSA) is 87.0 Å². The number of ether oxygens (including phenoxy) is 1. The van der Waals surface area contributed by atoms with Gasteiger partial charge in [0.25, 0.3) is 0 Å². The maximum atomic E-state index is 10.6. The zero-order valence-electron chi connectivity index (χ0n) is 22.4. The van der Waals surface area contributed by atoms with E-state index in [1.165, 1.54) is 22.3 Å². The molecule has 2 aromatic carbocycles. The fraction of sp³-hybridized carbons (Fsp3) is 0.567. The Morgan fingerprint density at radius 3 is 2.11 bits per heavy atom. The van der Waals surface area contributed by atoms with E-state index < -0.39 is 17.7 Å². The number of benzene rings is 2. The number of carboxylic acids is 1. The number of carbonyl (C=O) groups is 1. The zero-order chi connectivity index (χ0) is 26.2. The van der Waals surface area contributed by atoms with Gasteiger partial charge in [-0.2, -0.15) is 0 Å². The van der Waals surface area contributed by atoms with Gasteiger partial charge in [0, 0.05) is 11.8 Å². The van der Waals surface area contributed by atoms with Crippen LogP contribution in [0.25, 0.3) is 0 Å². The number of rotatable bonds is 14. The van der Waals surface area contributed by atoms with Gasteiger partial charge in [-0.1, -0.05) is 44.2 Å². The van der Waals surface area contributed by atoms with Gasteiger partial charge in [-0.05, 0) is 100 Å². The Kier molecular flexibility index (Phi) is 10.3. The Balaban J connectivity index is 2.20. The molecule has 3 N–H and O–H groups in total. The molecule has 2 aromatic rings. The third-order valence-corrected chi connectivity index (χ3v) is 7.20. The first kappa shape index (κ1) is 28.9. The highest BCUT2D eigenvalue weighted by molar-refractivity contribution is 5.66. The van der Waals surface area contributed by atoms with Gasteiger partial charge >= 0.3 is 5.97 Å². The molecule has 2 rings (SSSR count). The molecule has 0 bridgehead atoms. The van der Waals surface area contributed by atoms with Crippen LogP contribution in [-0.2, 0) is 16.6 Å². The van der Waals surface area contributed by atoms with Gasteiger partial charge < -0.3 is 20.1 Å². The highest BCUT2D eigenvalue weighted by atomic mass is 16.5. The van der Waals surface area contributed by atoms with Crippen molar-refractivity contribution in [3.8, 4) is 5.75 Å². The van der Waals surface area contributed by atoms with Crippen LogP contribution in [0, 0.1) is 13.8 Å². The van der Waals surface area contributed by atoms with Crippen molar-refractivity contribution >= 4 is 5.97 Å². The van der Waals surface area contributed by atoms with E-state index in [9.17, 15) is 15.0 Å². The number of aliphatic hydroxyl groups excluding tert-OH is 1. The normalized spacial score (nSPS) is 13.0. The standard InChI is InChI=1S/C30H44O5/c1-7-30(8-2,24-13-12-23(21(3)18-24)16-17-29(5,6)34)25-14-15-27(22(4)19-25)35-20-26(31)10-9-11-28(32)33/h12-15,18-19,26,31,34H,7-11,16-17,20H2,1-6H3,(H,32,33)/t26-/m1/s1. The van der Waals surface area contributed by atoms with Crippen molar-refractivity contribution in [1.29, 1.82) is 0 Å². The Hall–Kier alpha value is -2.37. The van der Waals surface area contributed by atoms with Crippen molar-refractivity contribution in [3.63, 3.8) is 0 Å². The predicted molar refractivity (Wildman–Crippen MR) is 141 cm³/mol. The first-order valence-electron chi connectivity index (χ1n) is 12.9. The molecule has 194 valence electrons. The van der Waals surface area contributed by atoms with Crippen LogP contribution in [0.2, 0.25) is 0 Å². The Morgan fingerprint density at radius 2 is 1.60 bits per heavy atom. The van der Waals surface area contributed by atoms with Crippen molar-refractivity contribution in [3.05, 3.63) is 64.2 Å². The zero-order valence-corrected chi connectivity index (χ0v) is 22.4. The molecule has 0 aliphatic heterocycles. The fourth-order valence-electron chi connectivity index (χ4n) is 4.82. The van der Waals surface area contributed by atoms with Gasteiger partial charge in [0.05, 0.1) is 11.7 Å². The van der Waals surface area contributed by atoms with E-state index in [1.54, 1.807) is 0 Å². The van der Waals surface area contributed by atoms with Crippen LogP contribution >= 0.6 is 0 Å². The lowest BCUT2D eigenvalue weighted by Crippen LogP contribution is -2.26. The molecule has 0 radical (unpaired) electrons. The Morgan fingerprint density at radius 1 is 1.00 bits per heavy atom. The summed E-state index contributed by atoms with van der Waals surface area (Å²) in [7, 11) is 0. The fourth-order valence-corrected chi connectivity index (χ4v) is 4.82. The van der Waals surface area contributed by atoms with Crippen LogP contribution in [0.1, 0.15) is 94.0 Å². The van der Waals surface area contributed by atoms with E-state index in [2.05, 4.69) is 51.1 Å². The summed E-state index contributed by atoms with van der Waals surface area (Å²) < 4.78 is 5.87. The second kappa shape index (κ2) is 12.5. The highest BCUT2D eigenvalue weighted by Crippen LogP contribution is 2.41. The maximum absolute atomic E-state index is 10.6. The van der Waals surface area contributed by atoms with Crippen molar-refractivity contribution in [2.24, 2.45) is 0 Å². The van der Waals surface area contributed by atoms with Crippen molar-refractivity contribution in [2.45, 2.75) is 104 Å². The summed E-state index contributed by atoms with van der Waals surface area (Å²) in [6, 6.07) is 13.1. The van der Waals surface area contributed by atoms with Gasteiger partial charge in [0.1, 0.15) is 12.4 Å². The molecule has 1 atom stereocenters. The number of hydrogen-bond donors (Lipinski definition) is 3. The van der Waals surface area contributed by atoms with Gasteiger partial charge in [-0.3, -0.25) is 4.79 Å². The van der Waals surface area contributed by atoms with Gasteiger partial charge in [0.2, 0.25) is 0 Å². The minimum atomic E-state index is -0.848. The predicted octanol–water partition coefficient (Wildman–Crippen LogP) is 6.11. The molecule has 35 heavy (non-hydrogen) atoms. The number of aryl methyl sites for hydroxylation is 3. The minimum Gasteiger partial charge on any atom is -0.491 e. The summed E-state index contributed by atoms with van der Waals surface area (Å²) in [5, 5.41) is 29.0. The summed E-state index contributed by atoms with van der Waals surface area (Å²) >= 11 is 0. The number of hydrogen-bond acceptors (Lipinski definition) is 4. The first-order chi connectivity index (χ1) is 16.4. The largest absolute Gasteiger partial charge is 0.491 e. The van der Waals surface area contributed by atoms with Gasteiger partial charge in [-0.15, -0.1) is 0 Å². The molecular weight excluding hydrogens is 440 g/mol. The second-order valence-corrected chi connectivity index (χ2v) is 10.5. The minimum absolute atomic E-state index is 0.0563. The van der Waals surface area contributed by atoms with Crippen molar-refractivity contribution in [1.82, 2.24) is 0 Å². The molecular formula is C30H44O5. The quantitative estimate of drug-likeness (QED) is 0.301. The number of carboxylic acid groups (broad SMARTS) is 1. The molecule has 0 saturated carbocycles. The summed E-state index contributed by atoms with van der Waals surface area (Å²) in [6.45, 7) is 12.5. The summed E-state index contributed by atoms with van der Waals surface area (Å²) in [4.78, 5) is 10.6. The maximum Gasteiger partial charge on any atom is 0.303 e. The van der Waals surface area contributed by atoms with E-state index in [0.717, 1.165) is 37.0 Å². The van der Waals surface area contributed by atoms with E-state index in [-0.39, 0.29) is 18.4 Å².